The number of fused-ring (bicyclic) bond motifs is 1. The summed E-state index contributed by atoms with van der Waals surface area (Å²) in [6.45, 7) is 3.15. The van der Waals surface area contributed by atoms with Crippen molar-refractivity contribution in [1.29, 1.82) is 5.26 Å². The van der Waals surface area contributed by atoms with Crippen molar-refractivity contribution in [1.82, 2.24) is 35.5 Å². The van der Waals surface area contributed by atoms with Crippen LogP contribution in [0.3, 0.4) is 0 Å². The van der Waals surface area contributed by atoms with Crippen LogP contribution in [0.4, 0.5) is 18.9 Å². The predicted molar refractivity (Wildman–Crippen MR) is 134 cm³/mol. The van der Waals surface area contributed by atoms with Crippen LogP contribution in [-0.2, 0) is 17.7 Å². The quantitative estimate of drug-likeness (QED) is 0.260. The fourth-order valence-corrected chi connectivity index (χ4v) is 4.44. The molecule has 0 amide bonds. The summed E-state index contributed by atoms with van der Waals surface area (Å²) in [5, 5.41) is 30.9. The number of alkyl halides is 3. The van der Waals surface area contributed by atoms with Crippen LogP contribution in [0.2, 0.25) is 0 Å². The Labute approximate surface area is 221 Å². The van der Waals surface area contributed by atoms with E-state index in [2.05, 4.69) is 40.6 Å². The fourth-order valence-electron chi connectivity index (χ4n) is 4.44. The number of hydrogen-bond donors (Lipinski definition) is 2. The van der Waals surface area contributed by atoms with E-state index in [0.29, 0.717) is 30.8 Å². The van der Waals surface area contributed by atoms with Crippen LogP contribution in [0.15, 0.2) is 43.0 Å². The number of nitrogens with one attached hydrogen (secondary N) is 2. The van der Waals surface area contributed by atoms with Gasteiger partial charge >= 0.3 is 6.36 Å². The molecule has 204 valence electrons. The number of hydrogen-bond acceptors (Lipinski definition) is 9. The Morgan fingerprint density at radius 3 is 2.64 bits per heavy atom. The number of nitriles is 1. The Morgan fingerprint density at radius 1 is 1.08 bits per heavy atom. The molecule has 1 aliphatic heterocycles. The molecule has 4 aromatic rings. The lowest BCUT2D eigenvalue weighted by Gasteiger charge is -2.40. The summed E-state index contributed by atoms with van der Waals surface area (Å²) in [5.74, 6) is -0.315. The van der Waals surface area contributed by atoms with Gasteiger partial charge in [0.15, 0.2) is 0 Å². The molecule has 0 bridgehead atoms. The van der Waals surface area contributed by atoms with Crippen molar-refractivity contribution >= 4 is 16.7 Å². The second kappa shape index (κ2) is 11.7. The monoisotopic (exact) mass is 541 g/mol. The van der Waals surface area contributed by atoms with Gasteiger partial charge in [-0.3, -0.25) is 9.67 Å². The van der Waals surface area contributed by atoms with Crippen LogP contribution in [0.5, 0.6) is 5.75 Å². The van der Waals surface area contributed by atoms with Crippen molar-refractivity contribution in [3.05, 3.63) is 54.1 Å². The summed E-state index contributed by atoms with van der Waals surface area (Å²) in [4.78, 5) is 2.20. The molecule has 3 heterocycles. The number of aromatic nitrogens is 6. The number of ether oxygens (including phenoxy) is 2. The molecule has 0 spiro atoms. The van der Waals surface area contributed by atoms with E-state index in [9.17, 15) is 13.2 Å². The predicted octanol–water partition coefficient (Wildman–Crippen LogP) is 3.28. The van der Waals surface area contributed by atoms with Crippen LogP contribution in [-0.4, -0.2) is 68.9 Å². The summed E-state index contributed by atoms with van der Waals surface area (Å²) in [7, 11) is 0. The van der Waals surface area contributed by atoms with Gasteiger partial charge in [-0.15, -0.1) is 28.5 Å². The normalized spacial score (nSPS) is 13.9. The highest BCUT2D eigenvalue weighted by Gasteiger charge is 2.31. The van der Waals surface area contributed by atoms with Gasteiger partial charge in [0.2, 0.25) is 0 Å². The minimum absolute atomic E-state index is 0.00891. The molecule has 1 saturated heterocycles. The van der Waals surface area contributed by atoms with Gasteiger partial charge in [0.25, 0.3) is 0 Å². The van der Waals surface area contributed by atoms with Crippen molar-refractivity contribution in [3.8, 4) is 17.5 Å². The molecule has 2 N–H and O–H groups in total. The molecule has 11 nitrogen and oxygen atoms in total. The Kier molecular flexibility index (Phi) is 7.89. The van der Waals surface area contributed by atoms with Gasteiger partial charge in [0.1, 0.15) is 23.9 Å². The molecule has 39 heavy (non-hydrogen) atoms. The molecule has 2 aromatic carbocycles. The SMILES string of the molecule is N#CCc1cc(CNCCCCOC2CN(c3cc(-n4cnnc4)cc4[nH]nnc34)C2)cc(OC(F)(F)F)c1. The highest BCUT2D eigenvalue weighted by Crippen LogP contribution is 2.31. The van der Waals surface area contributed by atoms with Gasteiger partial charge in [-0.05, 0) is 54.8 Å². The van der Waals surface area contributed by atoms with Gasteiger partial charge in [0, 0.05) is 26.2 Å². The van der Waals surface area contributed by atoms with Crippen LogP contribution in [0.1, 0.15) is 24.0 Å². The third kappa shape index (κ3) is 6.81. The average Bonchev–Trinajstić information content (AvgIpc) is 3.55. The first-order valence-electron chi connectivity index (χ1n) is 12.4. The molecular formula is C25H26F3N9O2. The van der Waals surface area contributed by atoms with Crippen molar-refractivity contribution in [2.45, 2.75) is 38.3 Å². The number of aromatic amines is 1. The number of H-pyrrole nitrogens is 1. The van der Waals surface area contributed by atoms with E-state index in [1.165, 1.54) is 12.1 Å². The lowest BCUT2D eigenvalue weighted by atomic mass is 10.1. The molecular weight excluding hydrogens is 515 g/mol. The number of nitrogens with zero attached hydrogens (tertiary/aromatic N) is 7. The molecule has 0 atom stereocenters. The Morgan fingerprint density at radius 2 is 1.87 bits per heavy atom. The summed E-state index contributed by atoms with van der Waals surface area (Å²) >= 11 is 0. The Bertz CT molecular complexity index is 1430. The number of rotatable bonds is 12. The number of halogens is 3. The first kappa shape index (κ1) is 26.4. The standard InChI is InChI=1S/C25H26F3N9O2/c26-25(27,28)39-20-8-17(3-4-29)7-18(9-20)12-30-5-1-2-6-38-21-13-36(14-21)23-11-19(37-15-31-32-16-37)10-22-24(23)34-35-33-22/h7-11,15-16,21,30H,1-3,5-6,12-14H2,(H,33,34,35). The van der Waals surface area contributed by atoms with E-state index in [4.69, 9.17) is 10.00 Å². The first-order chi connectivity index (χ1) is 18.9. The van der Waals surface area contributed by atoms with E-state index in [1.54, 1.807) is 18.7 Å². The second-order valence-corrected chi connectivity index (χ2v) is 9.19. The maximum Gasteiger partial charge on any atom is 0.573 e. The maximum absolute atomic E-state index is 12.6. The average molecular weight is 542 g/mol. The van der Waals surface area contributed by atoms with E-state index >= 15 is 0 Å². The molecule has 0 aliphatic carbocycles. The lowest BCUT2D eigenvalue weighted by molar-refractivity contribution is -0.274. The van der Waals surface area contributed by atoms with E-state index < -0.39 is 6.36 Å². The molecule has 1 aliphatic rings. The van der Waals surface area contributed by atoms with Gasteiger partial charge < -0.3 is 19.7 Å². The number of anilines is 1. The third-order valence-corrected chi connectivity index (χ3v) is 6.27. The van der Waals surface area contributed by atoms with Crippen LogP contribution in [0, 0.1) is 11.3 Å². The minimum atomic E-state index is -4.78. The zero-order chi connectivity index (χ0) is 27.2. The smallest absolute Gasteiger partial charge is 0.406 e. The van der Waals surface area contributed by atoms with E-state index in [-0.39, 0.29) is 18.3 Å². The van der Waals surface area contributed by atoms with Gasteiger partial charge in [-0.1, -0.05) is 11.3 Å². The number of unbranched alkanes of at least 4 members (excludes halogenated alkanes) is 1. The largest absolute Gasteiger partial charge is 0.573 e. The molecule has 2 aromatic heterocycles. The van der Waals surface area contributed by atoms with Crippen LogP contribution in [0.25, 0.3) is 16.7 Å². The van der Waals surface area contributed by atoms with Crippen molar-refractivity contribution in [2.75, 3.05) is 31.1 Å². The van der Waals surface area contributed by atoms with E-state index in [0.717, 1.165) is 48.3 Å². The van der Waals surface area contributed by atoms with Gasteiger partial charge in [0.05, 0.1) is 35.5 Å². The summed E-state index contributed by atoms with van der Waals surface area (Å²) in [6, 6.07) is 10.2. The van der Waals surface area contributed by atoms with E-state index in [1.807, 2.05) is 22.8 Å². The first-order valence-corrected chi connectivity index (χ1v) is 12.4. The third-order valence-electron chi connectivity index (χ3n) is 6.27. The highest BCUT2D eigenvalue weighted by atomic mass is 19.4. The topological polar surface area (TPSA) is 130 Å². The number of benzene rings is 2. The van der Waals surface area contributed by atoms with Crippen molar-refractivity contribution in [2.24, 2.45) is 0 Å². The highest BCUT2D eigenvalue weighted by molar-refractivity contribution is 5.90. The van der Waals surface area contributed by atoms with Crippen molar-refractivity contribution < 1.29 is 22.6 Å². The molecule has 0 saturated carbocycles. The zero-order valence-corrected chi connectivity index (χ0v) is 20.9. The molecule has 0 unspecified atom stereocenters. The van der Waals surface area contributed by atoms with Gasteiger partial charge in [-0.2, -0.15) is 5.26 Å². The zero-order valence-electron chi connectivity index (χ0n) is 20.9. The maximum atomic E-state index is 12.6. The lowest BCUT2D eigenvalue weighted by Crippen LogP contribution is -2.52. The molecule has 1 fully saturated rings. The molecule has 5 rings (SSSR count). The summed E-state index contributed by atoms with van der Waals surface area (Å²) in [5.41, 5.74) is 4.61. The summed E-state index contributed by atoms with van der Waals surface area (Å²) < 4.78 is 49.7. The van der Waals surface area contributed by atoms with Crippen LogP contribution < -0.4 is 15.0 Å². The van der Waals surface area contributed by atoms with Crippen molar-refractivity contribution in [3.63, 3.8) is 0 Å². The fraction of sp³-hybridized carbons (Fsp3) is 0.400. The van der Waals surface area contributed by atoms with Gasteiger partial charge in [-0.25, -0.2) is 0 Å². The summed E-state index contributed by atoms with van der Waals surface area (Å²) in [6.07, 6.45) is 0.312. The second-order valence-electron chi connectivity index (χ2n) is 9.19. The molecule has 14 heteroatoms. The van der Waals surface area contributed by atoms with Crippen LogP contribution >= 0.6 is 0 Å². The Balaban J connectivity index is 1.03. The molecule has 0 radical (unpaired) electrons. The Hall–Kier alpha value is -4.22. The minimum Gasteiger partial charge on any atom is -0.406 e.